The number of thiocarbonyl (C=S) groups is 1. The van der Waals surface area contributed by atoms with Crippen molar-refractivity contribution in [3.63, 3.8) is 0 Å². The van der Waals surface area contributed by atoms with Gasteiger partial charge in [-0.1, -0.05) is 32.0 Å². The van der Waals surface area contributed by atoms with E-state index in [0.717, 1.165) is 23.1 Å². The van der Waals surface area contributed by atoms with Crippen LogP contribution in [0.1, 0.15) is 53.4 Å². The number of rotatable bonds is 5. The summed E-state index contributed by atoms with van der Waals surface area (Å²) < 4.78 is 5.72. The van der Waals surface area contributed by atoms with E-state index >= 15 is 0 Å². The van der Waals surface area contributed by atoms with Crippen LogP contribution in [0.25, 0.3) is 11.3 Å². The number of anilines is 1. The van der Waals surface area contributed by atoms with Crippen LogP contribution < -0.4 is 10.6 Å². The SMILES string of the molecule is CC[C@@H](C)c1ccc(O)c(NC(=S)NC(=O)c2ccc(-c3ccc(C)c(C)c3)o2)c1. The maximum Gasteiger partial charge on any atom is 0.293 e. The average Bonchev–Trinajstić information content (AvgIpc) is 3.21. The Balaban J connectivity index is 1.69. The number of furan rings is 1. The second kappa shape index (κ2) is 9.13. The van der Waals surface area contributed by atoms with E-state index in [9.17, 15) is 9.90 Å². The van der Waals surface area contributed by atoms with Crippen molar-refractivity contribution in [1.29, 1.82) is 0 Å². The number of hydrogen-bond acceptors (Lipinski definition) is 4. The third-order valence-electron chi connectivity index (χ3n) is 5.30. The Bertz CT molecular complexity index is 1090. The fourth-order valence-electron chi connectivity index (χ4n) is 3.02. The number of benzene rings is 2. The Hall–Kier alpha value is -3.12. The molecule has 1 atom stereocenters. The molecule has 0 radical (unpaired) electrons. The second-order valence-electron chi connectivity index (χ2n) is 7.46. The molecule has 3 aromatic rings. The predicted molar refractivity (Wildman–Crippen MR) is 124 cm³/mol. The van der Waals surface area contributed by atoms with Gasteiger partial charge in [0.25, 0.3) is 5.91 Å². The van der Waals surface area contributed by atoms with Gasteiger partial charge < -0.3 is 14.8 Å². The summed E-state index contributed by atoms with van der Waals surface area (Å²) in [5, 5.41) is 15.7. The van der Waals surface area contributed by atoms with Crippen LogP contribution in [0.5, 0.6) is 5.75 Å². The summed E-state index contributed by atoms with van der Waals surface area (Å²) in [5.74, 6) is 0.723. The minimum Gasteiger partial charge on any atom is -0.506 e. The molecule has 1 aromatic heterocycles. The fourth-order valence-corrected chi connectivity index (χ4v) is 3.23. The van der Waals surface area contributed by atoms with E-state index in [1.807, 2.05) is 44.2 Å². The lowest BCUT2D eigenvalue weighted by Gasteiger charge is -2.14. The fraction of sp³-hybridized carbons (Fsp3) is 0.250. The molecule has 1 heterocycles. The molecule has 3 N–H and O–H groups in total. The highest BCUT2D eigenvalue weighted by Crippen LogP contribution is 2.29. The molecule has 0 bridgehead atoms. The van der Waals surface area contributed by atoms with E-state index in [4.69, 9.17) is 16.6 Å². The average molecular weight is 423 g/mol. The lowest BCUT2D eigenvalue weighted by Crippen LogP contribution is -2.33. The lowest BCUT2D eigenvalue weighted by atomic mass is 9.98. The van der Waals surface area contributed by atoms with Crippen LogP contribution in [0.4, 0.5) is 5.69 Å². The van der Waals surface area contributed by atoms with Crippen LogP contribution in [-0.2, 0) is 0 Å². The maximum atomic E-state index is 12.5. The summed E-state index contributed by atoms with van der Waals surface area (Å²) in [6.45, 7) is 8.29. The summed E-state index contributed by atoms with van der Waals surface area (Å²) in [6.07, 6.45) is 0.979. The van der Waals surface area contributed by atoms with Gasteiger partial charge in [-0.05, 0) is 85.4 Å². The quantitative estimate of drug-likeness (QED) is 0.352. The van der Waals surface area contributed by atoms with E-state index in [1.165, 1.54) is 5.56 Å². The van der Waals surface area contributed by atoms with Gasteiger partial charge in [0, 0.05) is 5.56 Å². The van der Waals surface area contributed by atoms with Crippen LogP contribution in [0, 0.1) is 13.8 Å². The topological polar surface area (TPSA) is 74.5 Å². The normalized spacial score (nSPS) is 11.7. The van der Waals surface area contributed by atoms with Crippen molar-refractivity contribution >= 4 is 28.9 Å². The predicted octanol–water partition coefficient (Wildman–Crippen LogP) is 5.91. The molecule has 6 heteroatoms. The number of aromatic hydroxyl groups is 1. The minimum atomic E-state index is -0.458. The largest absolute Gasteiger partial charge is 0.506 e. The van der Waals surface area contributed by atoms with Gasteiger partial charge in [0.2, 0.25) is 0 Å². The van der Waals surface area contributed by atoms with Gasteiger partial charge in [0.1, 0.15) is 11.5 Å². The number of carbonyl (C=O) groups is 1. The number of hydrogen-bond donors (Lipinski definition) is 3. The Kier molecular flexibility index (Phi) is 6.57. The molecule has 0 aliphatic heterocycles. The Labute approximate surface area is 182 Å². The first-order chi connectivity index (χ1) is 14.3. The molecular formula is C24H26N2O3S. The monoisotopic (exact) mass is 422 g/mol. The maximum absolute atomic E-state index is 12.5. The van der Waals surface area contributed by atoms with E-state index in [0.29, 0.717) is 17.4 Å². The third-order valence-corrected chi connectivity index (χ3v) is 5.50. The molecule has 0 aliphatic rings. The molecule has 0 saturated carbocycles. The van der Waals surface area contributed by atoms with Crippen molar-refractivity contribution in [2.45, 2.75) is 40.0 Å². The number of aryl methyl sites for hydroxylation is 2. The zero-order chi connectivity index (χ0) is 21.8. The van der Waals surface area contributed by atoms with E-state index in [1.54, 1.807) is 18.2 Å². The molecule has 3 rings (SSSR count). The zero-order valence-corrected chi connectivity index (χ0v) is 18.4. The van der Waals surface area contributed by atoms with Gasteiger partial charge in [-0.3, -0.25) is 10.1 Å². The first kappa shape index (κ1) is 21.6. The highest BCUT2D eigenvalue weighted by Gasteiger charge is 2.15. The molecule has 0 saturated heterocycles. The first-order valence-corrected chi connectivity index (χ1v) is 10.3. The first-order valence-electron chi connectivity index (χ1n) is 9.91. The van der Waals surface area contributed by atoms with E-state index < -0.39 is 5.91 Å². The summed E-state index contributed by atoms with van der Waals surface area (Å²) in [4.78, 5) is 12.5. The van der Waals surface area contributed by atoms with Crippen molar-refractivity contribution in [2.24, 2.45) is 0 Å². The van der Waals surface area contributed by atoms with Gasteiger partial charge >= 0.3 is 0 Å². The summed E-state index contributed by atoms with van der Waals surface area (Å²) in [5.41, 5.74) is 4.79. The van der Waals surface area contributed by atoms with Gasteiger partial charge in [-0.2, -0.15) is 0 Å². The smallest absolute Gasteiger partial charge is 0.293 e. The van der Waals surface area contributed by atoms with Crippen LogP contribution >= 0.6 is 12.2 Å². The summed E-state index contributed by atoms with van der Waals surface area (Å²) in [6, 6.07) is 14.7. The molecule has 0 unspecified atom stereocenters. The summed E-state index contributed by atoms with van der Waals surface area (Å²) >= 11 is 5.25. The highest BCUT2D eigenvalue weighted by molar-refractivity contribution is 7.80. The highest BCUT2D eigenvalue weighted by atomic mass is 32.1. The second-order valence-corrected chi connectivity index (χ2v) is 7.87. The molecule has 30 heavy (non-hydrogen) atoms. The molecule has 0 aliphatic carbocycles. The van der Waals surface area contributed by atoms with Gasteiger partial charge in [0.15, 0.2) is 10.9 Å². The van der Waals surface area contributed by atoms with Crippen molar-refractivity contribution in [3.8, 4) is 17.1 Å². The van der Waals surface area contributed by atoms with Gasteiger partial charge in [-0.25, -0.2) is 0 Å². The van der Waals surface area contributed by atoms with Crippen molar-refractivity contribution in [2.75, 3.05) is 5.32 Å². The lowest BCUT2D eigenvalue weighted by molar-refractivity contribution is 0.0951. The van der Waals surface area contributed by atoms with Gasteiger partial charge in [-0.15, -0.1) is 0 Å². The van der Waals surface area contributed by atoms with Crippen LogP contribution in [0.15, 0.2) is 52.9 Å². The molecule has 0 fully saturated rings. The third kappa shape index (κ3) is 4.89. The Morgan fingerprint density at radius 3 is 2.57 bits per heavy atom. The van der Waals surface area contributed by atoms with Crippen molar-refractivity contribution in [1.82, 2.24) is 5.32 Å². The van der Waals surface area contributed by atoms with E-state index in [-0.39, 0.29) is 16.6 Å². The minimum absolute atomic E-state index is 0.0636. The Morgan fingerprint density at radius 2 is 1.87 bits per heavy atom. The molecular weight excluding hydrogens is 396 g/mol. The number of phenolic OH excluding ortho intramolecular Hbond substituents is 1. The van der Waals surface area contributed by atoms with Crippen LogP contribution in [-0.4, -0.2) is 16.1 Å². The molecule has 0 spiro atoms. The zero-order valence-electron chi connectivity index (χ0n) is 17.6. The Morgan fingerprint density at radius 1 is 1.10 bits per heavy atom. The van der Waals surface area contributed by atoms with Gasteiger partial charge in [0.05, 0.1) is 5.69 Å². The van der Waals surface area contributed by atoms with Crippen molar-refractivity contribution in [3.05, 3.63) is 71.0 Å². The summed E-state index contributed by atoms with van der Waals surface area (Å²) in [7, 11) is 0. The number of carbonyl (C=O) groups excluding carboxylic acids is 1. The molecule has 2 aromatic carbocycles. The molecule has 156 valence electrons. The number of nitrogens with one attached hydrogen (secondary N) is 2. The van der Waals surface area contributed by atoms with Crippen LogP contribution in [0.3, 0.4) is 0 Å². The molecule has 1 amide bonds. The standard InChI is InChI=1S/C24H26N2O3S/c1-5-14(2)17-8-9-20(27)19(13-17)25-24(30)26-23(28)22-11-10-21(29-22)18-7-6-15(3)16(4)12-18/h6-14,27H,5H2,1-4H3,(H2,25,26,28,30)/t14-/m1/s1. The van der Waals surface area contributed by atoms with Crippen molar-refractivity contribution < 1.29 is 14.3 Å². The number of phenols is 1. The van der Waals surface area contributed by atoms with Crippen LogP contribution in [0.2, 0.25) is 0 Å². The number of amides is 1. The molecule has 5 nitrogen and oxygen atoms in total. The van der Waals surface area contributed by atoms with E-state index in [2.05, 4.69) is 24.5 Å².